The molecule has 1 saturated heterocycles. The van der Waals surface area contributed by atoms with Gasteiger partial charge in [0.05, 0.1) is 0 Å². The number of hydrogen-bond donors (Lipinski definition) is 1. The van der Waals surface area contributed by atoms with Crippen LogP contribution < -0.4 is 0 Å². The Hall–Kier alpha value is -0.432. The molecule has 0 radical (unpaired) electrons. The first-order chi connectivity index (χ1) is 9.61. The van der Waals surface area contributed by atoms with Crippen molar-refractivity contribution in [1.82, 2.24) is 15.0 Å². The molecule has 6 nitrogen and oxygen atoms in total. The molecule has 1 aromatic heterocycles. The molecule has 0 unspecified atom stereocenters. The number of carbonyl (C=O) groups excluding carboxylic acids is 1. The number of aromatic nitrogens is 1. The fourth-order valence-electron chi connectivity index (χ4n) is 1.96. The Morgan fingerprint density at radius 2 is 2.33 bits per heavy atom. The van der Waals surface area contributed by atoms with E-state index < -0.39 is 5.97 Å². The largest absolute Gasteiger partial charge is 0.476 e. The smallest absolute Gasteiger partial charge is 0.355 e. The summed E-state index contributed by atoms with van der Waals surface area (Å²) in [6.45, 7) is 5.87. The average Bonchev–Trinajstić information content (AvgIpc) is 2.89. The number of hydrogen-bond acceptors (Lipinski definition) is 6. The number of thiazole rings is 1. The molecule has 1 N–H and O–H groups in total. The van der Waals surface area contributed by atoms with Crippen LogP contribution in [-0.2, 0) is 25.9 Å². The predicted molar refractivity (Wildman–Crippen MR) is 77.7 cm³/mol. The van der Waals surface area contributed by atoms with Crippen molar-refractivity contribution in [3.05, 3.63) is 18.0 Å². The van der Waals surface area contributed by atoms with Gasteiger partial charge in [0.2, 0.25) is 5.91 Å². The summed E-state index contributed by atoms with van der Waals surface area (Å²) in [5.41, 5.74) is 0.0749. The van der Waals surface area contributed by atoms with Gasteiger partial charge in [0.1, 0.15) is 0 Å². The van der Waals surface area contributed by atoms with E-state index in [1.807, 2.05) is 5.01 Å². The number of amides is 1. The number of thioether (sulfide) groups is 1. The third kappa shape index (κ3) is 5.05. The summed E-state index contributed by atoms with van der Waals surface area (Å²) in [5, 5.41) is 14.0. The topological polar surface area (TPSA) is 73.7 Å². The Morgan fingerprint density at radius 1 is 1.57 bits per heavy atom. The van der Waals surface area contributed by atoms with Crippen LogP contribution in [-0.4, -0.2) is 57.4 Å². The van der Waals surface area contributed by atoms with E-state index in [4.69, 9.17) is 5.11 Å². The molecule has 21 heavy (non-hydrogen) atoms. The van der Waals surface area contributed by atoms with E-state index in [1.165, 1.54) is 28.5 Å². The molecule has 0 bridgehead atoms. The van der Waals surface area contributed by atoms with Gasteiger partial charge < -0.3 is 12.0 Å². The number of carbonyl (C=O) groups is 2. The van der Waals surface area contributed by atoms with Gasteiger partial charge in [-0.1, -0.05) is 11.8 Å². The van der Waals surface area contributed by atoms with Crippen molar-refractivity contribution in [2.75, 3.05) is 25.4 Å². The Kier molecular flexibility index (Phi) is 7.87. The second-order valence-corrected chi connectivity index (χ2v) is 6.43. The molecular weight excluding hydrogens is 482 g/mol. The summed E-state index contributed by atoms with van der Waals surface area (Å²) in [6.07, 6.45) is 1.47. The van der Waals surface area contributed by atoms with Gasteiger partial charge in [-0.05, 0) is 6.42 Å². The molecule has 0 aliphatic carbocycles. The quantitative estimate of drug-likeness (QED) is 0.475. The van der Waals surface area contributed by atoms with Gasteiger partial charge in [-0.3, -0.25) is 9.80 Å². The van der Waals surface area contributed by atoms with Crippen molar-refractivity contribution in [3.8, 4) is 0 Å². The van der Waals surface area contributed by atoms with Gasteiger partial charge in [0.25, 0.3) is 0 Å². The number of aromatic carboxylic acids is 1. The van der Waals surface area contributed by atoms with Crippen LogP contribution in [0.3, 0.4) is 0 Å². The molecule has 1 aliphatic rings. The van der Waals surface area contributed by atoms with Gasteiger partial charge in [0.15, 0.2) is 10.0 Å². The van der Waals surface area contributed by atoms with Gasteiger partial charge in [-0.2, -0.15) is 0 Å². The SMILES string of the molecule is [CH2-]CN1CCCC(=O)N1CCSc1nc(C(=O)O)cs1.[W]. The molecule has 2 rings (SSSR count). The van der Waals surface area contributed by atoms with Crippen LogP contribution in [0.15, 0.2) is 9.72 Å². The monoisotopic (exact) mass is 498 g/mol. The van der Waals surface area contributed by atoms with Crippen molar-refractivity contribution >= 4 is 35.0 Å². The molecule has 1 aliphatic heterocycles. The third-order valence-corrected chi connectivity index (χ3v) is 4.93. The first-order valence-corrected chi connectivity index (χ1v) is 8.14. The van der Waals surface area contributed by atoms with Crippen LogP contribution in [0.4, 0.5) is 0 Å². The maximum absolute atomic E-state index is 11.9. The standard InChI is InChI=1S/C12H16N3O3S2.W/c1-2-14-5-3-4-10(16)15(14)6-7-19-12-13-9(8-20-12)11(17)18;/h8H,1-7H2,(H,17,18);/q-1;. The Labute approximate surface area is 146 Å². The first-order valence-electron chi connectivity index (χ1n) is 6.28. The zero-order chi connectivity index (χ0) is 14.5. The molecule has 116 valence electrons. The van der Waals surface area contributed by atoms with Crippen molar-refractivity contribution in [2.45, 2.75) is 17.2 Å². The van der Waals surface area contributed by atoms with E-state index in [0.717, 1.165) is 13.0 Å². The molecule has 2 heterocycles. The van der Waals surface area contributed by atoms with E-state index in [2.05, 4.69) is 11.9 Å². The van der Waals surface area contributed by atoms with E-state index in [0.29, 0.717) is 29.6 Å². The Balaban J connectivity index is 0.00000220. The maximum atomic E-state index is 11.9. The van der Waals surface area contributed by atoms with Gasteiger partial charge >= 0.3 is 5.97 Å². The van der Waals surface area contributed by atoms with Gasteiger partial charge in [0, 0.05) is 51.7 Å². The fraction of sp³-hybridized carbons (Fsp3) is 0.500. The summed E-state index contributed by atoms with van der Waals surface area (Å²) in [4.78, 5) is 26.6. The van der Waals surface area contributed by atoms with Crippen LogP contribution in [0.25, 0.3) is 0 Å². The third-order valence-electron chi connectivity index (χ3n) is 2.93. The number of nitrogens with zero attached hydrogens (tertiary/aromatic N) is 3. The number of rotatable bonds is 6. The minimum atomic E-state index is -1.01. The van der Waals surface area contributed by atoms with Crippen LogP contribution >= 0.6 is 23.1 Å². The summed E-state index contributed by atoms with van der Waals surface area (Å²) >= 11 is 2.78. The Bertz CT molecular complexity index is 498. The molecule has 1 aromatic rings. The number of hydrazine groups is 1. The summed E-state index contributed by atoms with van der Waals surface area (Å²) in [6, 6.07) is 0. The number of carboxylic acid groups (broad SMARTS) is 1. The Morgan fingerprint density at radius 3 is 2.95 bits per heavy atom. The van der Waals surface area contributed by atoms with Crippen molar-refractivity contribution in [3.63, 3.8) is 0 Å². The van der Waals surface area contributed by atoms with E-state index in [-0.39, 0.29) is 32.7 Å². The predicted octanol–water partition coefficient (Wildman–Crippen LogP) is 1.60. The average molecular weight is 498 g/mol. The van der Waals surface area contributed by atoms with Gasteiger partial charge in [-0.25, -0.2) is 14.8 Å². The summed E-state index contributed by atoms with van der Waals surface area (Å²) in [7, 11) is 0. The first kappa shape index (κ1) is 18.6. The molecule has 1 fully saturated rings. The van der Waals surface area contributed by atoms with E-state index >= 15 is 0 Å². The number of carboxylic acids is 1. The summed E-state index contributed by atoms with van der Waals surface area (Å²) < 4.78 is 0.716. The molecule has 0 spiro atoms. The minimum Gasteiger partial charge on any atom is -0.476 e. The molecular formula is C12H16N3O3S2W-. The minimum absolute atomic E-state index is 0. The fourth-order valence-corrected chi connectivity index (χ4v) is 3.75. The molecule has 9 heteroatoms. The van der Waals surface area contributed by atoms with Crippen LogP contribution in [0.1, 0.15) is 23.3 Å². The molecule has 0 atom stereocenters. The van der Waals surface area contributed by atoms with Crippen LogP contribution in [0.2, 0.25) is 0 Å². The van der Waals surface area contributed by atoms with E-state index in [1.54, 1.807) is 5.01 Å². The zero-order valence-electron chi connectivity index (χ0n) is 11.4. The van der Waals surface area contributed by atoms with Crippen molar-refractivity contribution in [1.29, 1.82) is 0 Å². The zero-order valence-corrected chi connectivity index (χ0v) is 15.9. The normalized spacial score (nSPS) is 15.9. The second-order valence-electron chi connectivity index (χ2n) is 4.23. The molecule has 0 saturated carbocycles. The van der Waals surface area contributed by atoms with Crippen LogP contribution in [0.5, 0.6) is 0 Å². The van der Waals surface area contributed by atoms with Crippen LogP contribution in [0, 0.1) is 6.92 Å². The molecule has 0 aromatic carbocycles. The molecule has 1 amide bonds. The summed E-state index contributed by atoms with van der Waals surface area (Å²) in [5.74, 6) is -0.192. The van der Waals surface area contributed by atoms with Crippen molar-refractivity contribution in [2.24, 2.45) is 0 Å². The second kappa shape index (κ2) is 8.88. The van der Waals surface area contributed by atoms with Gasteiger partial charge in [-0.15, -0.1) is 17.9 Å². The van der Waals surface area contributed by atoms with Crippen molar-refractivity contribution < 1.29 is 35.8 Å². The van der Waals surface area contributed by atoms with E-state index in [9.17, 15) is 9.59 Å². The maximum Gasteiger partial charge on any atom is 0.355 e.